The SMILES string of the molecule is CC(C)(C)c1ccc(N2c3cc(C4CCCCC4)cc4c3B(c3cc5c(cc3N4c3ccc(C(C)(C)C)cc3-c3ccccc3)C(C)(C)CCC5(C)C)c3sc4ccc(C(C)(C)C)cc4c32)cc1. The van der Waals surface area contributed by atoms with E-state index in [0.717, 1.165) is 0 Å². The molecule has 0 spiro atoms. The van der Waals surface area contributed by atoms with Crippen molar-refractivity contribution in [3.8, 4) is 11.1 Å². The van der Waals surface area contributed by atoms with Gasteiger partial charge in [0.05, 0.1) is 11.4 Å². The van der Waals surface area contributed by atoms with Gasteiger partial charge in [-0.1, -0.05) is 170 Å². The lowest BCUT2D eigenvalue weighted by Crippen LogP contribution is -2.61. The molecule has 68 heavy (non-hydrogen) atoms. The standard InChI is InChI=1S/C64H73BN2S/c1-60(2,3)43-24-28-46(29-25-43)66-54-34-42(40-20-16-14-17-21-40)35-55-57(54)65(59-58(66)48-37-45(62(7,8)9)27-31-56(48)68-59)51-38-49-50(64(12,13)33-32-63(49,10)11)39-53(51)67(55)52-30-26-44(61(4,5)6)36-47(52)41-22-18-15-19-23-41/h15,18-19,22-31,34-40H,14,16-17,20-21,32-33H2,1-13H3. The molecular formula is C64H73BN2S. The molecule has 0 N–H and O–H groups in total. The Labute approximate surface area is 413 Å². The highest BCUT2D eigenvalue weighted by atomic mass is 32.1. The molecular weight excluding hydrogens is 840 g/mol. The van der Waals surface area contributed by atoms with E-state index in [1.807, 2.05) is 11.3 Å². The molecule has 0 unspecified atom stereocenters. The normalized spacial score (nSPS) is 17.8. The zero-order valence-corrected chi connectivity index (χ0v) is 44.2. The number of benzene rings is 6. The van der Waals surface area contributed by atoms with Crippen molar-refractivity contribution in [1.29, 1.82) is 0 Å². The fourth-order valence-electron chi connectivity index (χ4n) is 12.4. The summed E-state index contributed by atoms with van der Waals surface area (Å²) in [4.78, 5) is 5.49. The fourth-order valence-corrected chi connectivity index (χ4v) is 13.7. The minimum Gasteiger partial charge on any atom is -0.311 e. The van der Waals surface area contributed by atoms with Gasteiger partial charge in [0.15, 0.2) is 0 Å². The topological polar surface area (TPSA) is 6.48 Å². The van der Waals surface area contributed by atoms with Crippen LogP contribution in [0.1, 0.15) is 174 Å². The lowest BCUT2D eigenvalue weighted by molar-refractivity contribution is 0.332. The van der Waals surface area contributed by atoms with Crippen molar-refractivity contribution in [3.05, 3.63) is 149 Å². The number of hydrogen-bond donors (Lipinski definition) is 0. The van der Waals surface area contributed by atoms with E-state index in [1.54, 1.807) is 0 Å². The number of fused-ring (bicyclic) bond motifs is 7. The maximum atomic E-state index is 2.76. The molecule has 4 aliphatic rings. The first-order chi connectivity index (χ1) is 32.1. The molecule has 1 saturated carbocycles. The highest BCUT2D eigenvalue weighted by molar-refractivity contribution is 7.33. The number of rotatable bonds is 4. The van der Waals surface area contributed by atoms with E-state index in [9.17, 15) is 0 Å². The quantitative estimate of drug-likeness (QED) is 0.162. The van der Waals surface area contributed by atoms with Crippen LogP contribution in [0.2, 0.25) is 0 Å². The van der Waals surface area contributed by atoms with Crippen molar-refractivity contribution >= 4 is 78.0 Å². The Kier molecular flexibility index (Phi) is 10.5. The van der Waals surface area contributed by atoms with E-state index in [4.69, 9.17) is 0 Å². The van der Waals surface area contributed by atoms with Crippen LogP contribution in [-0.2, 0) is 27.1 Å². The lowest BCUT2D eigenvalue weighted by Gasteiger charge is -2.47. The largest absolute Gasteiger partial charge is 0.311 e. The summed E-state index contributed by atoms with van der Waals surface area (Å²) in [5.41, 5.74) is 22.2. The molecule has 2 aliphatic carbocycles. The Morgan fingerprint density at radius 1 is 0.544 bits per heavy atom. The van der Waals surface area contributed by atoms with Crippen LogP contribution in [0.5, 0.6) is 0 Å². The van der Waals surface area contributed by atoms with Gasteiger partial charge < -0.3 is 9.80 Å². The summed E-state index contributed by atoms with van der Waals surface area (Å²) in [5.74, 6) is 0.519. The first kappa shape index (κ1) is 45.4. The Balaban J connectivity index is 1.30. The Morgan fingerprint density at radius 2 is 1.12 bits per heavy atom. The number of thiophene rings is 1. The summed E-state index contributed by atoms with van der Waals surface area (Å²) < 4.78 is 2.83. The highest BCUT2D eigenvalue weighted by Crippen LogP contribution is 2.54. The molecule has 7 aromatic rings. The van der Waals surface area contributed by atoms with Crippen LogP contribution < -0.4 is 25.5 Å². The van der Waals surface area contributed by atoms with Crippen molar-refractivity contribution in [2.24, 2.45) is 0 Å². The van der Waals surface area contributed by atoms with Gasteiger partial charge in [0.1, 0.15) is 0 Å². The molecule has 0 saturated heterocycles. The minimum absolute atomic E-state index is 0.00479. The van der Waals surface area contributed by atoms with Crippen molar-refractivity contribution in [2.75, 3.05) is 9.80 Å². The number of hydrogen-bond acceptors (Lipinski definition) is 3. The van der Waals surface area contributed by atoms with Gasteiger partial charge in [0.25, 0.3) is 6.71 Å². The maximum absolute atomic E-state index is 2.76. The average molecular weight is 913 g/mol. The van der Waals surface area contributed by atoms with Crippen LogP contribution in [-0.4, -0.2) is 6.71 Å². The van der Waals surface area contributed by atoms with Crippen LogP contribution >= 0.6 is 11.3 Å². The molecule has 0 amide bonds. The van der Waals surface area contributed by atoms with E-state index in [-0.39, 0.29) is 33.8 Å². The minimum atomic E-state index is -0.00479. The van der Waals surface area contributed by atoms with E-state index in [0.29, 0.717) is 5.92 Å². The Bertz CT molecular complexity index is 3100. The van der Waals surface area contributed by atoms with E-state index >= 15 is 0 Å². The molecule has 0 bridgehead atoms. The molecule has 3 heterocycles. The van der Waals surface area contributed by atoms with E-state index < -0.39 is 0 Å². The third-order valence-electron chi connectivity index (χ3n) is 16.8. The molecule has 0 radical (unpaired) electrons. The van der Waals surface area contributed by atoms with Crippen LogP contribution in [0.15, 0.2) is 115 Å². The van der Waals surface area contributed by atoms with Crippen LogP contribution in [0.3, 0.4) is 0 Å². The molecule has 2 nitrogen and oxygen atoms in total. The van der Waals surface area contributed by atoms with Gasteiger partial charge in [0, 0.05) is 43.2 Å². The van der Waals surface area contributed by atoms with E-state index in [2.05, 4.69) is 215 Å². The monoisotopic (exact) mass is 913 g/mol. The molecule has 4 heteroatoms. The molecule has 0 atom stereocenters. The summed E-state index contributed by atoms with van der Waals surface area (Å²) in [5, 5.41) is 1.38. The number of anilines is 6. The first-order valence-corrected chi connectivity index (χ1v) is 26.8. The van der Waals surface area contributed by atoms with Crippen molar-refractivity contribution in [1.82, 2.24) is 0 Å². The van der Waals surface area contributed by atoms with Gasteiger partial charge in [-0.15, -0.1) is 11.3 Å². The average Bonchev–Trinajstić information content (AvgIpc) is 3.68. The van der Waals surface area contributed by atoms with Gasteiger partial charge in [-0.2, -0.15) is 0 Å². The third kappa shape index (κ3) is 7.41. The smallest absolute Gasteiger partial charge is 0.264 e. The van der Waals surface area contributed by atoms with Gasteiger partial charge >= 0.3 is 0 Å². The second-order valence-electron chi connectivity index (χ2n) is 25.6. The molecule has 1 fully saturated rings. The molecule has 6 aromatic carbocycles. The fraction of sp³-hybridized carbons (Fsp3) is 0.406. The maximum Gasteiger partial charge on any atom is 0.264 e. The lowest BCUT2D eigenvalue weighted by atomic mass is 9.35. The molecule has 1 aromatic heterocycles. The Hall–Kier alpha value is -5.06. The Morgan fingerprint density at radius 3 is 1.75 bits per heavy atom. The van der Waals surface area contributed by atoms with Crippen molar-refractivity contribution in [2.45, 2.75) is 168 Å². The first-order valence-electron chi connectivity index (χ1n) is 25.9. The summed E-state index contributed by atoms with van der Waals surface area (Å²) >= 11 is 2.04. The molecule has 348 valence electrons. The zero-order chi connectivity index (χ0) is 47.9. The summed E-state index contributed by atoms with van der Waals surface area (Å²) in [6.45, 7) is 31.2. The predicted octanol–water partition coefficient (Wildman–Crippen LogP) is 16.9. The highest BCUT2D eigenvalue weighted by Gasteiger charge is 2.48. The van der Waals surface area contributed by atoms with Gasteiger partial charge in [-0.25, -0.2) is 0 Å². The molecule has 11 rings (SSSR count). The third-order valence-corrected chi connectivity index (χ3v) is 18.0. The molecule has 2 aliphatic heterocycles. The zero-order valence-electron chi connectivity index (χ0n) is 43.4. The van der Waals surface area contributed by atoms with Crippen LogP contribution in [0.4, 0.5) is 34.1 Å². The second kappa shape index (κ2) is 15.7. The summed E-state index contributed by atoms with van der Waals surface area (Å²) in [7, 11) is 0. The van der Waals surface area contributed by atoms with Crippen molar-refractivity contribution in [3.63, 3.8) is 0 Å². The van der Waals surface area contributed by atoms with Gasteiger partial charge in [0.2, 0.25) is 0 Å². The van der Waals surface area contributed by atoms with E-state index in [1.165, 1.54) is 149 Å². The van der Waals surface area contributed by atoms with Gasteiger partial charge in [-0.05, 0) is 163 Å². The van der Waals surface area contributed by atoms with Crippen LogP contribution in [0, 0.1) is 0 Å². The summed E-state index contributed by atoms with van der Waals surface area (Å²) in [6, 6.07) is 46.5. The van der Waals surface area contributed by atoms with Gasteiger partial charge in [-0.3, -0.25) is 0 Å². The predicted molar refractivity (Wildman–Crippen MR) is 298 cm³/mol. The van der Waals surface area contributed by atoms with Crippen LogP contribution in [0.25, 0.3) is 21.2 Å². The van der Waals surface area contributed by atoms with Crippen molar-refractivity contribution < 1.29 is 0 Å². The summed E-state index contributed by atoms with van der Waals surface area (Å²) in [6.07, 6.45) is 8.77. The second-order valence-corrected chi connectivity index (χ2v) is 26.6. The number of nitrogens with zero attached hydrogens (tertiary/aromatic N) is 2.